The first-order valence-corrected chi connectivity index (χ1v) is 7.21. The van der Waals surface area contributed by atoms with Crippen LogP contribution in [0.1, 0.15) is 30.7 Å². The van der Waals surface area contributed by atoms with E-state index in [2.05, 4.69) is 41.6 Å². The molecule has 0 aliphatic rings. The topological polar surface area (TPSA) is 43.0 Å². The van der Waals surface area contributed by atoms with Crippen LogP contribution in [0.2, 0.25) is 0 Å². The highest BCUT2D eigenvalue weighted by Gasteiger charge is 2.11. The smallest absolute Gasteiger partial charge is 0.125 e. The van der Waals surface area contributed by atoms with Gasteiger partial charge in [-0.05, 0) is 42.3 Å². The van der Waals surface area contributed by atoms with E-state index in [0.717, 1.165) is 24.4 Å². The van der Waals surface area contributed by atoms with Gasteiger partial charge in [0.2, 0.25) is 0 Å². The first-order valence-electron chi connectivity index (χ1n) is 7.21. The normalized spacial score (nSPS) is 12.2. The number of hydrogen-bond donors (Lipinski definition) is 1. The van der Waals surface area contributed by atoms with Gasteiger partial charge in [-0.25, -0.2) is 0 Å². The minimum absolute atomic E-state index is 0.194. The Morgan fingerprint density at radius 3 is 2.90 bits per heavy atom. The van der Waals surface area contributed by atoms with Crippen molar-refractivity contribution in [1.82, 2.24) is 9.78 Å². The molecule has 1 N–H and O–H groups in total. The van der Waals surface area contributed by atoms with Gasteiger partial charge in [0, 0.05) is 18.1 Å². The number of rotatable bonds is 6. The third kappa shape index (κ3) is 3.34. The number of anilines is 1. The summed E-state index contributed by atoms with van der Waals surface area (Å²) in [4.78, 5) is 0. The summed E-state index contributed by atoms with van der Waals surface area (Å²) in [5, 5.41) is 7.77. The summed E-state index contributed by atoms with van der Waals surface area (Å²) in [7, 11) is 0. The van der Waals surface area contributed by atoms with Gasteiger partial charge in [0.15, 0.2) is 0 Å². The predicted molar refractivity (Wildman–Crippen MR) is 83.1 cm³/mol. The van der Waals surface area contributed by atoms with E-state index in [-0.39, 0.29) is 6.04 Å². The van der Waals surface area contributed by atoms with Crippen LogP contribution in [0.5, 0.6) is 0 Å². The van der Waals surface area contributed by atoms with E-state index in [0.29, 0.717) is 0 Å². The lowest BCUT2D eigenvalue weighted by Crippen LogP contribution is -2.09. The van der Waals surface area contributed by atoms with Crippen molar-refractivity contribution >= 4 is 5.69 Å². The van der Waals surface area contributed by atoms with Crippen LogP contribution in [-0.4, -0.2) is 9.78 Å². The summed E-state index contributed by atoms with van der Waals surface area (Å²) in [6.07, 6.45) is 6.45. The number of furan rings is 1. The van der Waals surface area contributed by atoms with Crippen molar-refractivity contribution in [3.63, 3.8) is 0 Å². The maximum Gasteiger partial charge on any atom is 0.125 e. The molecule has 0 spiro atoms. The van der Waals surface area contributed by atoms with Gasteiger partial charge in [-0.1, -0.05) is 19.1 Å². The van der Waals surface area contributed by atoms with Crippen molar-refractivity contribution < 1.29 is 4.42 Å². The summed E-state index contributed by atoms with van der Waals surface area (Å²) in [5.74, 6) is 0.968. The maximum atomic E-state index is 5.50. The Hall–Kier alpha value is -2.49. The lowest BCUT2D eigenvalue weighted by molar-refractivity contribution is 0.474. The van der Waals surface area contributed by atoms with Crippen LogP contribution < -0.4 is 5.32 Å². The number of aromatic nitrogens is 2. The van der Waals surface area contributed by atoms with Crippen LogP contribution in [0, 0.1) is 0 Å². The molecule has 0 amide bonds. The minimum atomic E-state index is 0.194. The number of benzene rings is 1. The molecule has 1 aromatic carbocycles. The Balaban J connectivity index is 1.73. The molecule has 3 rings (SSSR count). The standard InChI is InChI=1S/C17H19N3O/c1-2-16(17-8-4-11-21-17)19-15-7-3-6-14(12-15)13-20-10-5-9-18-20/h3-12,16,19H,2,13H2,1H3. The van der Waals surface area contributed by atoms with Crippen LogP contribution in [0.3, 0.4) is 0 Å². The molecule has 108 valence electrons. The molecular formula is C17H19N3O. The maximum absolute atomic E-state index is 5.50. The average molecular weight is 281 g/mol. The molecule has 2 aromatic heterocycles. The monoisotopic (exact) mass is 281 g/mol. The highest BCUT2D eigenvalue weighted by Crippen LogP contribution is 2.23. The third-order valence-corrected chi connectivity index (χ3v) is 3.47. The van der Waals surface area contributed by atoms with E-state index in [9.17, 15) is 0 Å². The molecule has 4 nitrogen and oxygen atoms in total. The van der Waals surface area contributed by atoms with Crippen molar-refractivity contribution in [2.24, 2.45) is 0 Å². The fourth-order valence-corrected chi connectivity index (χ4v) is 2.41. The molecule has 0 aliphatic heterocycles. The van der Waals surface area contributed by atoms with E-state index in [1.165, 1.54) is 5.56 Å². The van der Waals surface area contributed by atoms with Gasteiger partial charge in [-0.2, -0.15) is 5.10 Å². The van der Waals surface area contributed by atoms with Gasteiger partial charge in [-0.3, -0.25) is 4.68 Å². The summed E-state index contributed by atoms with van der Waals surface area (Å²) < 4.78 is 7.42. The van der Waals surface area contributed by atoms with Crippen LogP contribution in [0.15, 0.2) is 65.5 Å². The van der Waals surface area contributed by atoms with Crippen molar-refractivity contribution in [3.05, 3.63) is 72.4 Å². The van der Waals surface area contributed by atoms with Crippen LogP contribution in [0.4, 0.5) is 5.69 Å². The average Bonchev–Trinajstić information content (AvgIpc) is 3.18. The van der Waals surface area contributed by atoms with Crippen LogP contribution in [0.25, 0.3) is 0 Å². The van der Waals surface area contributed by atoms with Gasteiger partial charge >= 0.3 is 0 Å². The molecule has 2 heterocycles. The molecule has 0 radical (unpaired) electrons. The van der Waals surface area contributed by atoms with Gasteiger partial charge in [0.05, 0.1) is 18.8 Å². The summed E-state index contributed by atoms with van der Waals surface area (Å²) >= 11 is 0. The van der Waals surface area contributed by atoms with Gasteiger partial charge in [0.1, 0.15) is 5.76 Å². The quantitative estimate of drug-likeness (QED) is 0.740. The number of nitrogens with zero attached hydrogens (tertiary/aromatic N) is 2. The third-order valence-electron chi connectivity index (χ3n) is 3.47. The number of hydrogen-bond acceptors (Lipinski definition) is 3. The van der Waals surface area contributed by atoms with E-state index in [4.69, 9.17) is 4.42 Å². The van der Waals surface area contributed by atoms with E-state index < -0.39 is 0 Å². The van der Waals surface area contributed by atoms with Crippen molar-refractivity contribution in [1.29, 1.82) is 0 Å². The number of nitrogens with one attached hydrogen (secondary N) is 1. The second-order valence-electron chi connectivity index (χ2n) is 5.02. The highest BCUT2D eigenvalue weighted by molar-refractivity contribution is 5.47. The van der Waals surface area contributed by atoms with Gasteiger partial charge < -0.3 is 9.73 Å². The summed E-state index contributed by atoms with van der Waals surface area (Å²) in [6.45, 7) is 2.92. The second kappa shape index (κ2) is 6.31. The first kappa shape index (κ1) is 13.5. The molecule has 1 atom stereocenters. The largest absolute Gasteiger partial charge is 0.467 e. The van der Waals surface area contributed by atoms with Gasteiger partial charge in [-0.15, -0.1) is 0 Å². The van der Waals surface area contributed by atoms with Crippen molar-refractivity contribution in [2.45, 2.75) is 25.9 Å². The predicted octanol–water partition coefficient (Wildman–Crippen LogP) is 4.09. The molecule has 4 heteroatoms. The molecule has 0 saturated carbocycles. The zero-order chi connectivity index (χ0) is 14.5. The Kier molecular flexibility index (Phi) is 4.05. The zero-order valence-electron chi connectivity index (χ0n) is 12.1. The first-order chi connectivity index (χ1) is 10.3. The summed E-state index contributed by atoms with van der Waals surface area (Å²) in [6, 6.07) is 14.5. The van der Waals surface area contributed by atoms with Crippen molar-refractivity contribution in [3.8, 4) is 0 Å². The lowest BCUT2D eigenvalue weighted by Gasteiger charge is -2.16. The van der Waals surface area contributed by atoms with Crippen molar-refractivity contribution in [2.75, 3.05) is 5.32 Å². The molecule has 0 bridgehead atoms. The van der Waals surface area contributed by atoms with Gasteiger partial charge in [0.25, 0.3) is 0 Å². The zero-order valence-corrected chi connectivity index (χ0v) is 12.1. The van der Waals surface area contributed by atoms with Crippen LogP contribution in [-0.2, 0) is 6.54 Å². The Labute approximate surface area is 124 Å². The van der Waals surface area contributed by atoms with E-state index in [1.807, 2.05) is 29.1 Å². The molecule has 0 fully saturated rings. The molecule has 0 saturated heterocycles. The SMILES string of the molecule is CCC(Nc1cccc(Cn2cccn2)c1)c1ccco1. The Morgan fingerprint density at radius 2 is 2.19 bits per heavy atom. The van der Waals surface area contributed by atoms with E-state index >= 15 is 0 Å². The Bertz CT molecular complexity index is 659. The highest BCUT2D eigenvalue weighted by atomic mass is 16.3. The molecule has 0 aliphatic carbocycles. The molecular weight excluding hydrogens is 262 g/mol. The fraction of sp³-hybridized carbons (Fsp3) is 0.235. The van der Waals surface area contributed by atoms with E-state index in [1.54, 1.807) is 12.5 Å². The second-order valence-corrected chi connectivity index (χ2v) is 5.02. The Morgan fingerprint density at radius 1 is 1.24 bits per heavy atom. The molecule has 1 unspecified atom stereocenters. The lowest BCUT2D eigenvalue weighted by atomic mass is 10.1. The molecule has 21 heavy (non-hydrogen) atoms. The van der Waals surface area contributed by atoms with Crippen LogP contribution >= 0.6 is 0 Å². The summed E-state index contributed by atoms with van der Waals surface area (Å²) in [5.41, 5.74) is 2.32. The molecule has 3 aromatic rings. The fourth-order valence-electron chi connectivity index (χ4n) is 2.41. The minimum Gasteiger partial charge on any atom is -0.467 e.